The molecule has 15 heavy (non-hydrogen) atoms. The SMILES string of the molecule is CCN1CCC(Nc2cccnc2)CC1. The molecule has 2 rings (SSSR count). The van der Waals surface area contributed by atoms with E-state index in [0.717, 1.165) is 5.69 Å². The van der Waals surface area contributed by atoms with Gasteiger partial charge in [-0.25, -0.2) is 0 Å². The molecule has 1 aliphatic heterocycles. The molecule has 2 heterocycles. The summed E-state index contributed by atoms with van der Waals surface area (Å²) in [4.78, 5) is 6.61. The standard InChI is InChI=1S/C12H19N3/c1-2-15-8-5-11(6-9-15)14-12-4-3-7-13-10-12/h3-4,7,10-11,14H,2,5-6,8-9H2,1H3. The van der Waals surface area contributed by atoms with Gasteiger partial charge in [0.05, 0.1) is 5.69 Å². The Hall–Kier alpha value is -1.09. The maximum atomic E-state index is 4.11. The topological polar surface area (TPSA) is 28.2 Å². The van der Waals surface area contributed by atoms with E-state index < -0.39 is 0 Å². The number of hydrogen-bond donors (Lipinski definition) is 1. The van der Waals surface area contributed by atoms with Crippen molar-refractivity contribution in [2.45, 2.75) is 25.8 Å². The maximum Gasteiger partial charge on any atom is 0.0528 e. The van der Waals surface area contributed by atoms with Crippen molar-refractivity contribution in [1.29, 1.82) is 0 Å². The minimum atomic E-state index is 0.622. The van der Waals surface area contributed by atoms with E-state index in [2.05, 4.69) is 28.2 Å². The molecule has 1 aromatic heterocycles. The van der Waals surface area contributed by atoms with Gasteiger partial charge in [-0.1, -0.05) is 6.92 Å². The first-order chi connectivity index (χ1) is 7.38. The van der Waals surface area contributed by atoms with Crippen LogP contribution in [0.1, 0.15) is 19.8 Å². The maximum absolute atomic E-state index is 4.11. The van der Waals surface area contributed by atoms with E-state index in [1.165, 1.54) is 32.5 Å². The summed E-state index contributed by atoms with van der Waals surface area (Å²) in [6.45, 7) is 5.84. The first-order valence-corrected chi connectivity index (χ1v) is 5.77. The highest BCUT2D eigenvalue weighted by Gasteiger charge is 2.17. The highest BCUT2D eigenvalue weighted by Crippen LogP contribution is 2.15. The summed E-state index contributed by atoms with van der Waals surface area (Å²) >= 11 is 0. The number of pyridine rings is 1. The molecule has 1 aromatic rings. The molecule has 3 nitrogen and oxygen atoms in total. The second kappa shape index (κ2) is 5.12. The number of nitrogens with one attached hydrogen (secondary N) is 1. The van der Waals surface area contributed by atoms with E-state index in [1.807, 2.05) is 18.5 Å². The summed E-state index contributed by atoms with van der Waals surface area (Å²) < 4.78 is 0. The minimum Gasteiger partial charge on any atom is -0.381 e. The van der Waals surface area contributed by atoms with E-state index in [1.54, 1.807) is 0 Å². The molecule has 0 aliphatic carbocycles. The second-order valence-electron chi connectivity index (χ2n) is 4.09. The molecule has 0 unspecified atom stereocenters. The number of likely N-dealkylation sites (tertiary alicyclic amines) is 1. The van der Waals surface area contributed by atoms with Gasteiger partial charge in [-0.05, 0) is 31.5 Å². The zero-order chi connectivity index (χ0) is 10.5. The lowest BCUT2D eigenvalue weighted by Gasteiger charge is -2.31. The van der Waals surface area contributed by atoms with Crippen LogP contribution in [-0.2, 0) is 0 Å². The Kier molecular flexibility index (Phi) is 3.56. The largest absolute Gasteiger partial charge is 0.381 e. The van der Waals surface area contributed by atoms with E-state index in [4.69, 9.17) is 0 Å². The van der Waals surface area contributed by atoms with Crippen molar-refractivity contribution in [3.8, 4) is 0 Å². The molecular formula is C12H19N3. The lowest BCUT2D eigenvalue weighted by Crippen LogP contribution is -2.38. The Morgan fingerprint density at radius 3 is 2.87 bits per heavy atom. The first-order valence-electron chi connectivity index (χ1n) is 5.77. The fraction of sp³-hybridized carbons (Fsp3) is 0.583. The fourth-order valence-corrected chi connectivity index (χ4v) is 2.08. The van der Waals surface area contributed by atoms with Gasteiger partial charge < -0.3 is 10.2 Å². The normalized spacial score (nSPS) is 19.0. The Morgan fingerprint density at radius 1 is 1.47 bits per heavy atom. The van der Waals surface area contributed by atoms with Crippen LogP contribution in [0.15, 0.2) is 24.5 Å². The van der Waals surface area contributed by atoms with Crippen LogP contribution in [0.2, 0.25) is 0 Å². The van der Waals surface area contributed by atoms with E-state index in [-0.39, 0.29) is 0 Å². The molecule has 1 aliphatic rings. The third-order valence-electron chi connectivity index (χ3n) is 3.07. The number of piperidine rings is 1. The van der Waals surface area contributed by atoms with Crippen LogP contribution >= 0.6 is 0 Å². The summed E-state index contributed by atoms with van der Waals surface area (Å²) in [5, 5.41) is 3.54. The molecular weight excluding hydrogens is 186 g/mol. The lowest BCUT2D eigenvalue weighted by atomic mass is 10.0. The van der Waals surface area contributed by atoms with Crippen molar-refractivity contribution in [3.63, 3.8) is 0 Å². The monoisotopic (exact) mass is 205 g/mol. The van der Waals surface area contributed by atoms with Gasteiger partial charge in [0.2, 0.25) is 0 Å². The molecule has 1 N–H and O–H groups in total. The van der Waals surface area contributed by atoms with Crippen molar-refractivity contribution < 1.29 is 0 Å². The molecule has 0 atom stereocenters. The average Bonchev–Trinajstić information content (AvgIpc) is 2.31. The van der Waals surface area contributed by atoms with Crippen molar-refractivity contribution in [2.75, 3.05) is 25.0 Å². The average molecular weight is 205 g/mol. The van der Waals surface area contributed by atoms with E-state index >= 15 is 0 Å². The molecule has 1 fully saturated rings. The first kappa shape index (κ1) is 10.4. The van der Waals surface area contributed by atoms with Crippen LogP contribution in [0, 0.1) is 0 Å². The van der Waals surface area contributed by atoms with Gasteiger partial charge in [0.1, 0.15) is 0 Å². The predicted molar refractivity (Wildman–Crippen MR) is 63.0 cm³/mol. The fourth-order valence-electron chi connectivity index (χ4n) is 2.08. The molecule has 0 aromatic carbocycles. The molecule has 3 heteroatoms. The Labute approximate surface area is 91.5 Å². The zero-order valence-corrected chi connectivity index (χ0v) is 9.32. The minimum absolute atomic E-state index is 0.622. The van der Waals surface area contributed by atoms with Crippen molar-refractivity contribution in [3.05, 3.63) is 24.5 Å². The van der Waals surface area contributed by atoms with Crippen LogP contribution in [0.3, 0.4) is 0 Å². The van der Waals surface area contributed by atoms with Crippen LogP contribution in [0.25, 0.3) is 0 Å². The van der Waals surface area contributed by atoms with E-state index in [0.29, 0.717) is 6.04 Å². The molecule has 0 radical (unpaired) electrons. The summed E-state index contributed by atoms with van der Waals surface area (Å²) in [7, 11) is 0. The Morgan fingerprint density at radius 2 is 2.27 bits per heavy atom. The number of hydrogen-bond acceptors (Lipinski definition) is 3. The van der Waals surface area contributed by atoms with Gasteiger partial charge >= 0.3 is 0 Å². The smallest absolute Gasteiger partial charge is 0.0528 e. The van der Waals surface area contributed by atoms with Gasteiger partial charge in [0.15, 0.2) is 0 Å². The summed E-state index contributed by atoms with van der Waals surface area (Å²) in [6.07, 6.45) is 6.18. The van der Waals surface area contributed by atoms with Crippen molar-refractivity contribution in [2.24, 2.45) is 0 Å². The molecule has 1 saturated heterocycles. The Balaban J connectivity index is 1.82. The van der Waals surface area contributed by atoms with Crippen LogP contribution in [-0.4, -0.2) is 35.6 Å². The molecule has 82 valence electrons. The molecule has 0 bridgehead atoms. The predicted octanol–water partition coefficient (Wildman–Crippen LogP) is 1.98. The van der Waals surface area contributed by atoms with Gasteiger partial charge in [-0.15, -0.1) is 0 Å². The summed E-state index contributed by atoms with van der Waals surface area (Å²) in [6, 6.07) is 4.68. The van der Waals surface area contributed by atoms with Crippen LogP contribution in [0.4, 0.5) is 5.69 Å². The summed E-state index contributed by atoms with van der Waals surface area (Å²) in [5.41, 5.74) is 1.15. The van der Waals surface area contributed by atoms with Gasteiger partial charge in [-0.3, -0.25) is 4.98 Å². The summed E-state index contributed by atoms with van der Waals surface area (Å²) in [5.74, 6) is 0. The van der Waals surface area contributed by atoms with Gasteiger partial charge in [0, 0.05) is 31.5 Å². The third-order valence-corrected chi connectivity index (χ3v) is 3.07. The molecule has 0 amide bonds. The lowest BCUT2D eigenvalue weighted by molar-refractivity contribution is 0.229. The number of nitrogens with zero attached hydrogens (tertiary/aromatic N) is 2. The van der Waals surface area contributed by atoms with Crippen LogP contribution < -0.4 is 5.32 Å². The number of aromatic nitrogens is 1. The Bertz CT molecular complexity index is 278. The second-order valence-corrected chi connectivity index (χ2v) is 4.09. The van der Waals surface area contributed by atoms with E-state index in [9.17, 15) is 0 Å². The highest BCUT2D eigenvalue weighted by atomic mass is 15.1. The highest BCUT2D eigenvalue weighted by molar-refractivity contribution is 5.40. The van der Waals surface area contributed by atoms with Gasteiger partial charge in [0.25, 0.3) is 0 Å². The van der Waals surface area contributed by atoms with Gasteiger partial charge in [-0.2, -0.15) is 0 Å². The van der Waals surface area contributed by atoms with Crippen LogP contribution in [0.5, 0.6) is 0 Å². The number of anilines is 1. The third kappa shape index (κ3) is 2.93. The molecule has 0 spiro atoms. The van der Waals surface area contributed by atoms with Crippen molar-refractivity contribution in [1.82, 2.24) is 9.88 Å². The zero-order valence-electron chi connectivity index (χ0n) is 9.32. The quantitative estimate of drug-likeness (QED) is 0.818. The molecule has 0 saturated carbocycles. The number of rotatable bonds is 3. The van der Waals surface area contributed by atoms with Crippen molar-refractivity contribution >= 4 is 5.69 Å².